The first kappa shape index (κ1) is 21.5. The Bertz CT molecular complexity index is 1380. The maximum atomic E-state index is 13.6. The van der Waals surface area contributed by atoms with Gasteiger partial charge in [-0.2, -0.15) is 4.68 Å². The molecule has 8 nitrogen and oxygen atoms in total. The van der Waals surface area contributed by atoms with Crippen molar-refractivity contribution in [1.29, 1.82) is 0 Å². The Labute approximate surface area is 186 Å². The van der Waals surface area contributed by atoms with Crippen LogP contribution in [0.5, 0.6) is 0 Å². The van der Waals surface area contributed by atoms with E-state index in [0.717, 1.165) is 5.56 Å². The Morgan fingerprint density at radius 1 is 1.03 bits per heavy atom. The van der Waals surface area contributed by atoms with E-state index in [1.807, 2.05) is 18.2 Å². The average molecular weight is 450 g/mol. The smallest absolute Gasteiger partial charge is 0.276 e. The predicted molar refractivity (Wildman–Crippen MR) is 123 cm³/mol. The standard InChI is InChI=1S/C23H23N5O3S/c1-3-27(19-10-5-4-6-11-19)32(30,31)21-12-8-14-25-22(21)28-23(29)20(17(2)26-28)15-18-9-7-13-24-16-18/h4-14,16,26H,3,15H2,1-2H3. The van der Waals surface area contributed by atoms with Crippen molar-refractivity contribution in [3.8, 4) is 5.82 Å². The van der Waals surface area contributed by atoms with Crippen LogP contribution in [-0.2, 0) is 16.4 Å². The molecule has 32 heavy (non-hydrogen) atoms. The van der Waals surface area contributed by atoms with Gasteiger partial charge >= 0.3 is 0 Å². The molecule has 0 unspecified atom stereocenters. The molecule has 4 rings (SSSR count). The molecule has 0 radical (unpaired) electrons. The number of aromatic nitrogens is 4. The Morgan fingerprint density at radius 2 is 1.78 bits per heavy atom. The summed E-state index contributed by atoms with van der Waals surface area (Å²) in [5.74, 6) is 0.0346. The maximum absolute atomic E-state index is 13.6. The summed E-state index contributed by atoms with van der Waals surface area (Å²) in [7, 11) is -3.98. The molecule has 0 atom stereocenters. The molecule has 0 amide bonds. The van der Waals surface area contributed by atoms with E-state index in [4.69, 9.17) is 0 Å². The van der Waals surface area contributed by atoms with Gasteiger partial charge in [-0.25, -0.2) is 13.4 Å². The fourth-order valence-electron chi connectivity index (χ4n) is 3.60. The van der Waals surface area contributed by atoms with Crippen molar-refractivity contribution in [3.05, 3.63) is 100 Å². The number of rotatable bonds is 7. The molecule has 4 aromatic rings. The summed E-state index contributed by atoms with van der Waals surface area (Å²) in [6, 6.07) is 15.6. The quantitative estimate of drug-likeness (QED) is 0.467. The highest BCUT2D eigenvalue weighted by molar-refractivity contribution is 7.93. The molecule has 1 aromatic carbocycles. The Balaban J connectivity index is 1.81. The molecular formula is C23H23N5O3S. The number of aryl methyl sites for hydroxylation is 1. The highest BCUT2D eigenvalue weighted by atomic mass is 32.2. The number of hydrogen-bond donors (Lipinski definition) is 1. The Hall–Kier alpha value is -3.72. The van der Waals surface area contributed by atoms with Crippen LogP contribution in [0.15, 0.2) is 82.9 Å². The average Bonchev–Trinajstić information content (AvgIpc) is 3.09. The van der Waals surface area contributed by atoms with E-state index >= 15 is 0 Å². The van der Waals surface area contributed by atoms with Gasteiger partial charge in [0.2, 0.25) is 0 Å². The van der Waals surface area contributed by atoms with Crippen LogP contribution in [0.4, 0.5) is 5.69 Å². The highest BCUT2D eigenvalue weighted by Crippen LogP contribution is 2.26. The number of benzene rings is 1. The monoisotopic (exact) mass is 449 g/mol. The van der Waals surface area contributed by atoms with Gasteiger partial charge in [-0.15, -0.1) is 0 Å². The van der Waals surface area contributed by atoms with E-state index in [1.54, 1.807) is 56.6 Å². The second-order valence-electron chi connectivity index (χ2n) is 7.22. The van der Waals surface area contributed by atoms with E-state index in [0.29, 0.717) is 23.4 Å². The molecule has 164 valence electrons. The first-order chi connectivity index (χ1) is 15.4. The molecule has 0 bridgehead atoms. The number of para-hydroxylation sites is 1. The van der Waals surface area contributed by atoms with Crippen LogP contribution >= 0.6 is 0 Å². The molecule has 3 aromatic heterocycles. The number of pyridine rings is 2. The minimum atomic E-state index is -3.98. The number of nitrogens with zero attached hydrogens (tertiary/aromatic N) is 4. The molecular weight excluding hydrogens is 426 g/mol. The summed E-state index contributed by atoms with van der Waals surface area (Å²) in [6.45, 7) is 3.77. The largest absolute Gasteiger partial charge is 0.294 e. The maximum Gasteiger partial charge on any atom is 0.276 e. The normalized spacial score (nSPS) is 11.4. The van der Waals surface area contributed by atoms with E-state index in [-0.39, 0.29) is 22.8 Å². The van der Waals surface area contributed by atoms with E-state index in [1.165, 1.54) is 21.3 Å². The minimum absolute atomic E-state index is 0.0346. The second kappa shape index (κ2) is 8.80. The molecule has 3 heterocycles. The van der Waals surface area contributed by atoms with Crippen molar-refractivity contribution in [2.45, 2.75) is 25.2 Å². The summed E-state index contributed by atoms with van der Waals surface area (Å²) >= 11 is 0. The van der Waals surface area contributed by atoms with Crippen molar-refractivity contribution >= 4 is 15.7 Å². The van der Waals surface area contributed by atoms with Crippen LogP contribution in [0.1, 0.15) is 23.7 Å². The van der Waals surface area contributed by atoms with Crippen LogP contribution in [0, 0.1) is 6.92 Å². The van der Waals surface area contributed by atoms with Gasteiger partial charge in [-0.3, -0.25) is 19.2 Å². The van der Waals surface area contributed by atoms with Crippen molar-refractivity contribution in [2.75, 3.05) is 10.8 Å². The number of H-pyrrole nitrogens is 1. The number of sulfonamides is 1. The Kier molecular flexibility index (Phi) is 5.91. The van der Waals surface area contributed by atoms with Crippen LogP contribution in [-0.4, -0.2) is 34.7 Å². The van der Waals surface area contributed by atoms with Crippen LogP contribution in [0.2, 0.25) is 0 Å². The lowest BCUT2D eigenvalue weighted by Crippen LogP contribution is -2.32. The van der Waals surface area contributed by atoms with Gasteiger partial charge in [0.25, 0.3) is 15.6 Å². The summed E-state index contributed by atoms with van der Waals surface area (Å²) in [5.41, 5.74) is 2.25. The van der Waals surface area contributed by atoms with Gasteiger partial charge in [0.15, 0.2) is 5.82 Å². The molecule has 1 N–H and O–H groups in total. The minimum Gasteiger partial charge on any atom is -0.294 e. The summed E-state index contributed by atoms with van der Waals surface area (Å²) in [5, 5.41) is 3.00. The topological polar surface area (TPSA) is 101 Å². The molecule has 0 aliphatic heterocycles. The zero-order valence-corrected chi connectivity index (χ0v) is 18.6. The molecule has 0 fully saturated rings. The fraction of sp³-hybridized carbons (Fsp3) is 0.174. The van der Waals surface area contributed by atoms with Gasteiger partial charge in [0.05, 0.1) is 5.69 Å². The molecule has 0 saturated carbocycles. The first-order valence-corrected chi connectivity index (χ1v) is 11.6. The third kappa shape index (κ3) is 3.94. The third-order valence-electron chi connectivity index (χ3n) is 5.16. The highest BCUT2D eigenvalue weighted by Gasteiger charge is 2.29. The van der Waals surface area contributed by atoms with Crippen LogP contribution in [0.25, 0.3) is 5.82 Å². The van der Waals surface area contributed by atoms with Gasteiger partial charge in [-0.1, -0.05) is 24.3 Å². The summed E-state index contributed by atoms with van der Waals surface area (Å²) < 4.78 is 29.7. The van der Waals surface area contributed by atoms with Crippen LogP contribution in [0.3, 0.4) is 0 Å². The molecule has 0 saturated heterocycles. The molecule has 0 spiro atoms. The van der Waals surface area contributed by atoms with Crippen molar-refractivity contribution in [1.82, 2.24) is 19.7 Å². The van der Waals surface area contributed by atoms with Gasteiger partial charge in [-0.05, 0) is 49.7 Å². The first-order valence-electron chi connectivity index (χ1n) is 10.2. The SMILES string of the molecule is CCN(c1ccccc1)S(=O)(=O)c1cccnc1-n1[nH]c(C)c(Cc2cccnc2)c1=O. The number of anilines is 1. The van der Waals surface area contributed by atoms with Crippen molar-refractivity contribution < 1.29 is 8.42 Å². The molecule has 9 heteroatoms. The van der Waals surface area contributed by atoms with Crippen molar-refractivity contribution in [3.63, 3.8) is 0 Å². The van der Waals surface area contributed by atoms with E-state index in [2.05, 4.69) is 15.1 Å². The van der Waals surface area contributed by atoms with Gasteiger partial charge < -0.3 is 0 Å². The lowest BCUT2D eigenvalue weighted by Gasteiger charge is -2.23. The van der Waals surface area contributed by atoms with Crippen molar-refractivity contribution in [2.24, 2.45) is 0 Å². The van der Waals surface area contributed by atoms with E-state index in [9.17, 15) is 13.2 Å². The second-order valence-corrected chi connectivity index (χ2v) is 9.06. The number of hydrogen-bond acceptors (Lipinski definition) is 5. The predicted octanol–water partition coefficient (Wildman–Crippen LogP) is 3.07. The summed E-state index contributed by atoms with van der Waals surface area (Å²) in [6.07, 6.45) is 5.22. The lowest BCUT2D eigenvalue weighted by molar-refractivity contribution is 0.589. The third-order valence-corrected chi connectivity index (χ3v) is 7.08. The zero-order chi connectivity index (χ0) is 22.7. The van der Waals surface area contributed by atoms with Gasteiger partial charge in [0.1, 0.15) is 4.90 Å². The van der Waals surface area contributed by atoms with Gasteiger partial charge in [0, 0.05) is 42.8 Å². The van der Waals surface area contributed by atoms with Crippen LogP contribution < -0.4 is 9.86 Å². The lowest BCUT2D eigenvalue weighted by atomic mass is 10.1. The van der Waals surface area contributed by atoms with E-state index < -0.39 is 10.0 Å². The number of nitrogens with one attached hydrogen (secondary N) is 1. The molecule has 0 aliphatic rings. The fourth-order valence-corrected chi connectivity index (χ4v) is 5.20. The summed E-state index contributed by atoms with van der Waals surface area (Å²) in [4.78, 5) is 21.5. The number of aromatic amines is 1. The molecule has 0 aliphatic carbocycles. The Morgan fingerprint density at radius 3 is 2.47 bits per heavy atom. The zero-order valence-electron chi connectivity index (χ0n) is 17.8.